The zero-order chi connectivity index (χ0) is 9.97. The summed E-state index contributed by atoms with van der Waals surface area (Å²) in [6.07, 6.45) is 0.497. The number of benzene rings is 2. The minimum Gasteiger partial charge on any atom is -0.508 e. The average molecular weight is 188 g/mol. The van der Waals surface area contributed by atoms with Gasteiger partial charge in [0.1, 0.15) is 5.75 Å². The van der Waals surface area contributed by atoms with E-state index in [-0.39, 0.29) is 12.4 Å². The molecular weight excluding hydrogens is 176 g/mol. The summed E-state index contributed by atoms with van der Waals surface area (Å²) in [5, 5.41) is 20.5. The van der Waals surface area contributed by atoms with Crippen LogP contribution in [0.4, 0.5) is 0 Å². The van der Waals surface area contributed by atoms with Crippen molar-refractivity contribution in [3.8, 4) is 5.75 Å². The molecule has 0 fully saturated rings. The van der Waals surface area contributed by atoms with Gasteiger partial charge in [0.15, 0.2) is 0 Å². The number of aliphatic hydroxyl groups is 1. The van der Waals surface area contributed by atoms with Gasteiger partial charge in [-0.25, -0.2) is 0 Å². The first-order valence-electron chi connectivity index (χ1n) is 4.63. The van der Waals surface area contributed by atoms with Gasteiger partial charge >= 0.3 is 0 Å². The molecule has 0 saturated heterocycles. The van der Waals surface area contributed by atoms with Crippen LogP contribution in [0.5, 0.6) is 5.75 Å². The summed E-state index contributed by atoms with van der Waals surface area (Å²) < 4.78 is 0. The topological polar surface area (TPSA) is 40.5 Å². The van der Waals surface area contributed by atoms with E-state index in [0.717, 1.165) is 16.3 Å². The highest BCUT2D eigenvalue weighted by Crippen LogP contribution is 2.24. The van der Waals surface area contributed by atoms with Crippen molar-refractivity contribution >= 4 is 10.8 Å². The van der Waals surface area contributed by atoms with Crippen molar-refractivity contribution in [1.82, 2.24) is 0 Å². The maximum Gasteiger partial charge on any atom is 0.119 e. The Balaban J connectivity index is 2.59. The van der Waals surface area contributed by atoms with Gasteiger partial charge in [-0.15, -0.1) is 0 Å². The predicted octanol–water partition coefficient (Wildman–Crippen LogP) is 2.08. The van der Waals surface area contributed by atoms with Gasteiger partial charge in [-0.1, -0.05) is 24.3 Å². The second kappa shape index (κ2) is 3.68. The zero-order valence-electron chi connectivity index (χ0n) is 7.77. The van der Waals surface area contributed by atoms with E-state index in [1.165, 1.54) is 0 Å². The first kappa shape index (κ1) is 9.03. The van der Waals surface area contributed by atoms with Gasteiger partial charge in [0.05, 0.1) is 0 Å². The quantitative estimate of drug-likeness (QED) is 0.757. The van der Waals surface area contributed by atoms with Crippen molar-refractivity contribution in [1.29, 1.82) is 0 Å². The number of hydrogen-bond acceptors (Lipinski definition) is 2. The third-order valence-electron chi connectivity index (χ3n) is 2.33. The smallest absolute Gasteiger partial charge is 0.119 e. The van der Waals surface area contributed by atoms with E-state index in [1.807, 2.05) is 30.3 Å². The predicted molar refractivity (Wildman–Crippen MR) is 56.4 cm³/mol. The molecule has 0 aliphatic carbocycles. The van der Waals surface area contributed by atoms with Crippen molar-refractivity contribution < 1.29 is 10.2 Å². The molecule has 0 bridgehead atoms. The molecule has 0 radical (unpaired) electrons. The lowest BCUT2D eigenvalue weighted by Gasteiger charge is -2.05. The molecule has 0 spiro atoms. The highest BCUT2D eigenvalue weighted by molar-refractivity contribution is 5.84. The van der Waals surface area contributed by atoms with Gasteiger partial charge in [0, 0.05) is 6.61 Å². The zero-order valence-corrected chi connectivity index (χ0v) is 7.77. The minimum atomic E-state index is 0.0614. The molecule has 2 rings (SSSR count). The third kappa shape index (κ3) is 1.56. The standard InChI is InChI=1S/C12H12O2/c13-6-5-11-7-9-3-1-2-4-10(9)8-12(11)14/h1-4,7-8,13-14H,5-6H2. The van der Waals surface area contributed by atoms with Gasteiger partial charge < -0.3 is 10.2 Å². The molecular formula is C12H12O2. The lowest BCUT2D eigenvalue weighted by molar-refractivity contribution is 0.297. The Morgan fingerprint density at radius 1 is 1.00 bits per heavy atom. The molecule has 0 unspecified atom stereocenters. The normalized spacial score (nSPS) is 10.6. The van der Waals surface area contributed by atoms with Crippen LogP contribution in [0.25, 0.3) is 10.8 Å². The molecule has 2 heteroatoms. The highest BCUT2D eigenvalue weighted by atomic mass is 16.3. The average Bonchev–Trinajstić information content (AvgIpc) is 2.19. The molecule has 0 aliphatic heterocycles. The molecule has 2 aromatic rings. The molecule has 0 saturated carbocycles. The van der Waals surface area contributed by atoms with Gasteiger partial charge in [-0.2, -0.15) is 0 Å². The van der Waals surface area contributed by atoms with E-state index in [9.17, 15) is 5.11 Å². The maximum atomic E-state index is 9.63. The van der Waals surface area contributed by atoms with Crippen molar-refractivity contribution in [2.45, 2.75) is 6.42 Å². The minimum absolute atomic E-state index is 0.0614. The molecule has 72 valence electrons. The Labute approximate surface area is 82.4 Å². The van der Waals surface area contributed by atoms with Gasteiger partial charge in [-0.3, -0.25) is 0 Å². The van der Waals surface area contributed by atoms with Crippen molar-refractivity contribution in [3.05, 3.63) is 42.0 Å². The van der Waals surface area contributed by atoms with Crippen LogP contribution in [-0.4, -0.2) is 16.8 Å². The number of aromatic hydroxyl groups is 1. The summed E-state index contributed by atoms with van der Waals surface area (Å²) in [7, 11) is 0. The van der Waals surface area contributed by atoms with Crippen LogP contribution in [0, 0.1) is 0 Å². The molecule has 2 N–H and O–H groups in total. The van der Waals surface area contributed by atoms with Crippen LogP contribution in [-0.2, 0) is 6.42 Å². The number of aliphatic hydroxyl groups excluding tert-OH is 1. The fourth-order valence-corrected chi connectivity index (χ4v) is 1.60. The van der Waals surface area contributed by atoms with Crippen LogP contribution in [0.2, 0.25) is 0 Å². The largest absolute Gasteiger partial charge is 0.508 e. The molecule has 2 nitrogen and oxygen atoms in total. The Morgan fingerprint density at radius 3 is 2.29 bits per heavy atom. The lowest BCUT2D eigenvalue weighted by atomic mass is 10.0. The summed E-state index contributed by atoms with van der Waals surface area (Å²) >= 11 is 0. The van der Waals surface area contributed by atoms with Crippen molar-refractivity contribution in [3.63, 3.8) is 0 Å². The Hall–Kier alpha value is -1.54. The van der Waals surface area contributed by atoms with E-state index in [2.05, 4.69) is 0 Å². The van der Waals surface area contributed by atoms with Crippen LogP contribution in [0.15, 0.2) is 36.4 Å². The van der Waals surface area contributed by atoms with E-state index in [4.69, 9.17) is 5.11 Å². The third-order valence-corrected chi connectivity index (χ3v) is 2.33. The summed E-state index contributed by atoms with van der Waals surface area (Å²) in [5.41, 5.74) is 0.797. The van der Waals surface area contributed by atoms with Gasteiger partial charge in [-0.05, 0) is 34.9 Å². The number of phenols is 1. The molecule has 0 aromatic heterocycles. The van der Waals surface area contributed by atoms with E-state index in [0.29, 0.717) is 6.42 Å². The fraction of sp³-hybridized carbons (Fsp3) is 0.167. The van der Waals surface area contributed by atoms with Crippen LogP contribution in [0.3, 0.4) is 0 Å². The molecule has 0 aliphatic rings. The van der Waals surface area contributed by atoms with Crippen molar-refractivity contribution in [2.24, 2.45) is 0 Å². The Morgan fingerprint density at radius 2 is 1.64 bits per heavy atom. The summed E-state index contributed by atoms with van der Waals surface area (Å²) in [6.45, 7) is 0.0614. The number of hydrogen-bond donors (Lipinski definition) is 2. The highest BCUT2D eigenvalue weighted by Gasteiger charge is 2.02. The summed E-state index contributed by atoms with van der Waals surface area (Å²) in [5.74, 6) is 0.262. The number of rotatable bonds is 2. The van der Waals surface area contributed by atoms with Gasteiger partial charge in [0.2, 0.25) is 0 Å². The van der Waals surface area contributed by atoms with Gasteiger partial charge in [0.25, 0.3) is 0 Å². The monoisotopic (exact) mass is 188 g/mol. The van der Waals surface area contributed by atoms with Crippen LogP contribution >= 0.6 is 0 Å². The van der Waals surface area contributed by atoms with Crippen LogP contribution < -0.4 is 0 Å². The SMILES string of the molecule is OCCc1cc2ccccc2cc1O. The first-order chi connectivity index (χ1) is 6.81. The molecule has 0 heterocycles. The number of fused-ring (bicyclic) bond motifs is 1. The van der Waals surface area contributed by atoms with E-state index >= 15 is 0 Å². The summed E-state index contributed by atoms with van der Waals surface area (Å²) in [4.78, 5) is 0. The van der Waals surface area contributed by atoms with Crippen molar-refractivity contribution in [2.75, 3.05) is 6.61 Å². The number of phenolic OH excluding ortho intramolecular Hbond substituents is 1. The van der Waals surface area contributed by atoms with E-state index in [1.54, 1.807) is 6.07 Å². The fourth-order valence-electron chi connectivity index (χ4n) is 1.60. The second-order valence-corrected chi connectivity index (χ2v) is 3.30. The van der Waals surface area contributed by atoms with Crippen LogP contribution in [0.1, 0.15) is 5.56 Å². The molecule has 2 aromatic carbocycles. The Kier molecular flexibility index (Phi) is 2.37. The lowest BCUT2D eigenvalue weighted by Crippen LogP contribution is -1.91. The second-order valence-electron chi connectivity index (χ2n) is 3.30. The Bertz CT molecular complexity index is 449. The summed E-state index contributed by atoms with van der Waals surface area (Å²) in [6, 6.07) is 11.5. The van der Waals surface area contributed by atoms with E-state index < -0.39 is 0 Å². The molecule has 14 heavy (non-hydrogen) atoms. The first-order valence-corrected chi connectivity index (χ1v) is 4.63. The molecule has 0 atom stereocenters. The maximum absolute atomic E-state index is 9.63. The molecule has 0 amide bonds.